The molecule has 3 rings (SSSR count). The molecule has 1 N–H and O–H groups in total. The zero-order valence-electron chi connectivity index (χ0n) is 9.51. The van der Waals surface area contributed by atoms with Gasteiger partial charge >= 0.3 is 0 Å². The van der Waals surface area contributed by atoms with Crippen LogP contribution in [0.25, 0.3) is 21.9 Å². The molecule has 0 saturated heterocycles. The van der Waals surface area contributed by atoms with Gasteiger partial charge in [0.15, 0.2) is 5.76 Å². The first-order chi connectivity index (χ1) is 8.74. The van der Waals surface area contributed by atoms with Gasteiger partial charge in [0.2, 0.25) is 0 Å². The molecule has 3 aromatic heterocycles. The van der Waals surface area contributed by atoms with Gasteiger partial charge in [0, 0.05) is 12.1 Å². The smallest absolute Gasteiger partial charge is 0.264 e. The standard InChI is InChI=1S/C12H9N3O2S/c1-7-5-9(17-15-7)8-6-11(16)13-14-12(8)10-3-2-4-18-10/h2-6H,1H3,(H,13,16). The van der Waals surface area contributed by atoms with Crippen LogP contribution in [0.1, 0.15) is 5.69 Å². The van der Waals surface area contributed by atoms with Gasteiger partial charge in [-0.1, -0.05) is 11.2 Å². The van der Waals surface area contributed by atoms with Crippen LogP contribution in [0.15, 0.2) is 39.0 Å². The number of aryl methyl sites for hydroxylation is 1. The van der Waals surface area contributed by atoms with Gasteiger partial charge in [-0.05, 0) is 18.4 Å². The Hall–Kier alpha value is -2.21. The van der Waals surface area contributed by atoms with E-state index >= 15 is 0 Å². The Balaban J connectivity index is 2.24. The number of H-pyrrole nitrogens is 1. The minimum absolute atomic E-state index is 0.264. The summed E-state index contributed by atoms with van der Waals surface area (Å²) in [6.45, 7) is 1.83. The van der Waals surface area contributed by atoms with E-state index < -0.39 is 0 Å². The number of thiophene rings is 1. The number of aromatic nitrogens is 3. The molecule has 0 atom stereocenters. The number of aromatic amines is 1. The predicted molar refractivity (Wildman–Crippen MR) is 68.4 cm³/mol. The van der Waals surface area contributed by atoms with Crippen LogP contribution in [-0.4, -0.2) is 15.4 Å². The minimum Gasteiger partial charge on any atom is -0.356 e. The molecule has 0 amide bonds. The van der Waals surface area contributed by atoms with Crippen molar-refractivity contribution in [3.05, 3.63) is 45.7 Å². The number of nitrogens with zero attached hydrogens (tertiary/aromatic N) is 2. The highest BCUT2D eigenvalue weighted by Crippen LogP contribution is 2.31. The molecule has 0 radical (unpaired) electrons. The van der Waals surface area contributed by atoms with E-state index in [1.165, 1.54) is 6.07 Å². The highest BCUT2D eigenvalue weighted by atomic mass is 32.1. The van der Waals surface area contributed by atoms with E-state index in [0.717, 1.165) is 10.6 Å². The Morgan fingerprint density at radius 1 is 1.39 bits per heavy atom. The van der Waals surface area contributed by atoms with E-state index in [2.05, 4.69) is 15.4 Å². The SMILES string of the molecule is Cc1cc(-c2cc(=O)[nH]nc2-c2cccs2)on1. The quantitative estimate of drug-likeness (QED) is 0.767. The van der Waals surface area contributed by atoms with Crippen LogP contribution in [-0.2, 0) is 0 Å². The van der Waals surface area contributed by atoms with E-state index in [0.29, 0.717) is 17.0 Å². The second kappa shape index (κ2) is 4.23. The maximum Gasteiger partial charge on any atom is 0.264 e. The molecule has 0 unspecified atom stereocenters. The van der Waals surface area contributed by atoms with E-state index in [1.807, 2.05) is 24.4 Å². The highest BCUT2D eigenvalue weighted by molar-refractivity contribution is 7.13. The van der Waals surface area contributed by atoms with Gasteiger partial charge < -0.3 is 4.52 Å². The molecule has 0 bridgehead atoms. The second-order valence-corrected chi connectivity index (χ2v) is 4.75. The molecule has 90 valence electrons. The van der Waals surface area contributed by atoms with Crippen molar-refractivity contribution >= 4 is 11.3 Å². The van der Waals surface area contributed by atoms with Crippen molar-refractivity contribution in [3.63, 3.8) is 0 Å². The van der Waals surface area contributed by atoms with Gasteiger partial charge in [0.05, 0.1) is 16.1 Å². The van der Waals surface area contributed by atoms with Crippen LogP contribution in [0.5, 0.6) is 0 Å². The molecule has 0 aliphatic heterocycles. The van der Waals surface area contributed by atoms with Crippen LogP contribution >= 0.6 is 11.3 Å². The lowest BCUT2D eigenvalue weighted by Gasteiger charge is -2.01. The lowest BCUT2D eigenvalue weighted by molar-refractivity contribution is 0.427. The van der Waals surface area contributed by atoms with Crippen LogP contribution in [0.3, 0.4) is 0 Å². The minimum atomic E-state index is -0.264. The lowest BCUT2D eigenvalue weighted by atomic mass is 10.1. The van der Waals surface area contributed by atoms with E-state index in [9.17, 15) is 4.79 Å². The van der Waals surface area contributed by atoms with Crippen LogP contribution in [0, 0.1) is 6.92 Å². The predicted octanol–water partition coefficient (Wildman–Crippen LogP) is 2.46. The average Bonchev–Trinajstić information content (AvgIpc) is 2.99. The molecule has 3 heterocycles. The van der Waals surface area contributed by atoms with Crippen molar-refractivity contribution in [1.82, 2.24) is 15.4 Å². The van der Waals surface area contributed by atoms with Crippen LogP contribution in [0.2, 0.25) is 0 Å². The van der Waals surface area contributed by atoms with E-state index in [-0.39, 0.29) is 5.56 Å². The number of hydrogen-bond donors (Lipinski definition) is 1. The zero-order valence-corrected chi connectivity index (χ0v) is 10.3. The number of nitrogens with one attached hydrogen (secondary N) is 1. The first kappa shape index (κ1) is 10.9. The summed E-state index contributed by atoms with van der Waals surface area (Å²) in [6, 6.07) is 7.13. The summed E-state index contributed by atoms with van der Waals surface area (Å²) in [6.07, 6.45) is 0. The maximum absolute atomic E-state index is 11.4. The fourth-order valence-corrected chi connectivity index (χ4v) is 2.41. The van der Waals surface area contributed by atoms with Crippen molar-refractivity contribution in [1.29, 1.82) is 0 Å². The fraction of sp³-hybridized carbons (Fsp3) is 0.0833. The van der Waals surface area contributed by atoms with Crippen molar-refractivity contribution in [2.75, 3.05) is 0 Å². The zero-order chi connectivity index (χ0) is 12.5. The van der Waals surface area contributed by atoms with Gasteiger partial charge in [-0.3, -0.25) is 4.79 Å². The molecule has 3 aromatic rings. The molecule has 5 nitrogen and oxygen atoms in total. The van der Waals surface area contributed by atoms with E-state index in [4.69, 9.17) is 4.52 Å². The summed E-state index contributed by atoms with van der Waals surface area (Å²) in [7, 11) is 0. The summed E-state index contributed by atoms with van der Waals surface area (Å²) >= 11 is 1.55. The Morgan fingerprint density at radius 2 is 2.28 bits per heavy atom. The summed E-state index contributed by atoms with van der Waals surface area (Å²) in [5.74, 6) is 0.550. The highest BCUT2D eigenvalue weighted by Gasteiger charge is 2.14. The van der Waals surface area contributed by atoms with Crippen molar-refractivity contribution in [2.45, 2.75) is 6.92 Å². The molecule has 0 saturated carbocycles. The molecular formula is C12H9N3O2S. The van der Waals surface area contributed by atoms with Crippen LogP contribution in [0.4, 0.5) is 0 Å². The number of hydrogen-bond acceptors (Lipinski definition) is 5. The third-order valence-electron chi connectivity index (χ3n) is 2.46. The normalized spacial score (nSPS) is 10.7. The summed E-state index contributed by atoms with van der Waals surface area (Å²) in [5.41, 5.74) is 1.85. The molecule has 0 aromatic carbocycles. The number of rotatable bonds is 2. The van der Waals surface area contributed by atoms with Gasteiger partial charge in [0.1, 0.15) is 5.69 Å². The van der Waals surface area contributed by atoms with Crippen LogP contribution < -0.4 is 5.56 Å². The van der Waals surface area contributed by atoms with Crippen molar-refractivity contribution in [2.24, 2.45) is 0 Å². The third-order valence-corrected chi connectivity index (χ3v) is 3.33. The topological polar surface area (TPSA) is 71.8 Å². The largest absolute Gasteiger partial charge is 0.356 e. The Kier molecular flexibility index (Phi) is 2.56. The summed E-state index contributed by atoms with van der Waals surface area (Å²) in [5, 5.41) is 12.3. The van der Waals surface area contributed by atoms with Gasteiger partial charge in [0.25, 0.3) is 5.56 Å². The molecule has 0 aliphatic carbocycles. The van der Waals surface area contributed by atoms with Crippen molar-refractivity contribution in [3.8, 4) is 21.9 Å². The molecule has 6 heteroatoms. The third kappa shape index (κ3) is 1.86. The van der Waals surface area contributed by atoms with E-state index in [1.54, 1.807) is 17.4 Å². The Bertz CT molecular complexity index is 728. The second-order valence-electron chi connectivity index (χ2n) is 3.80. The first-order valence-electron chi connectivity index (χ1n) is 5.31. The monoisotopic (exact) mass is 259 g/mol. The van der Waals surface area contributed by atoms with Crippen molar-refractivity contribution < 1.29 is 4.52 Å². The molecular weight excluding hydrogens is 250 g/mol. The summed E-state index contributed by atoms with van der Waals surface area (Å²) < 4.78 is 5.21. The Labute approximate surface area is 106 Å². The molecule has 0 aliphatic rings. The average molecular weight is 259 g/mol. The molecule has 0 fully saturated rings. The van der Waals surface area contributed by atoms with Gasteiger partial charge in [-0.2, -0.15) is 5.10 Å². The molecule has 18 heavy (non-hydrogen) atoms. The fourth-order valence-electron chi connectivity index (χ4n) is 1.68. The maximum atomic E-state index is 11.4. The Morgan fingerprint density at radius 3 is 2.94 bits per heavy atom. The summed E-state index contributed by atoms with van der Waals surface area (Å²) in [4.78, 5) is 12.4. The lowest BCUT2D eigenvalue weighted by Crippen LogP contribution is -2.07. The molecule has 0 spiro atoms. The first-order valence-corrected chi connectivity index (χ1v) is 6.19. The van der Waals surface area contributed by atoms with Gasteiger partial charge in [-0.15, -0.1) is 11.3 Å². The van der Waals surface area contributed by atoms with Gasteiger partial charge in [-0.25, -0.2) is 5.10 Å².